The molecule has 0 unspecified atom stereocenters. The number of hydrogen-bond donors (Lipinski definition) is 0. The Morgan fingerprint density at radius 2 is 0.569 bits per heavy atom. The second kappa shape index (κ2) is 23.1. The third-order valence-electron chi connectivity index (χ3n) is 8.82. The van der Waals surface area contributed by atoms with Gasteiger partial charge in [0.1, 0.15) is 0 Å². The lowest BCUT2D eigenvalue weighted by atomic mass is 10.0. The summed E-state index contributed by atoms with van der Waals surface area (Å²) in [5, 5.41) is 2.67. The topological polar surface area (TPSA) is 0 Å². The van der Waals surface area contributed by atoms with E-state index in [0.29, 0.717) is 0 Å². The minimum atomic E-state index is 1.05. The highest BCUT2D eigenvalue weighted by Crippen LogP contribution is 2.23. The number of hydrogen-bond acceptors (Lipinski definition) is 0. The van der Waals surface area contributed by atoms with Crippen LogP contribution in [0.5, 0.6) is 0 Å². The fraction of sp³-hybridized carbons (Fsp3) is 0.333. The minimum absolute atomic E-state index is 1.05. The third kappa shape index (κ3) is 17.4. The van der Waals surface area contributed by atoms with Gasteiger partial charge in [-0.2, -0.15) is 0 Å². The molecule has 0 bridgehead atoms. The lowest BCUT2D eigenvalue weighted by Crippen LogP contribution is -1.78. The van der Waals surface area contributed by atoms with Crippen molar-refractivity contribution >= 4 is 10.8 Å². The van der Waals surface area contributed by atoms with Gasteiger partial charge in [0, 0.05) is 0 Å². The van der Waals surface area contributed by atoms with Crippen molar-refractivity contribution in [1.82, 2.24) is 0 Å². The summed E-state index contributed by atoms with van der Waals surface area (Å²) in [7, 11) is 0. The van der Waals surface area contributed by atoms with Crippen LogP contribution in [-0.4, -0.2) is 0 Å². The van der Waals surface area contributed by atoms with Crippen molar-refractivity contribution in [2.45, 2.75) is 109 Å². The van der Waals surface area contributed by atoms with E-state index < -0.39 is 0 Å². The second-order valence-electron chi connectivity index (χ2n) is 14.3. The molecule has 7 rings (SSSR count). The van der Waals surface area contributed by atoms with E-state index in [-0.39, 0.29) is 0 Å². The molecule has 6 aromatic rings. The van der Waals surface area contributed by atoms with Crippen LogP contribution >= 0.6 is 0 Å². The van der Waals surface area contributed by atoms with Gasteiger partial charge in [0.2, 0.25) is 0 Å². The van der Waals surface area contributed by atoms with E-state index in [2.05, 4.69) is 197 Å². The van der Waals surface area contributed by atoms with Crippen molar-refractivity contribution in [3.05, 3.63) is 177 Å². The largest absolute Gasteiger partial charge is 0.0683 e. The summed E-state index contributed by atoms with van der Waals surface area (Å²) in [6, 6.07) is 45.4. The molecule has 0 aliphatic heterocycles. The Labute approximate surface area is 313 Å². The molecule has 1 fully saturated rings. The van der Waals surface area contributed by atoms with Gasteiger partial charge in [-0.1, -0.05) is 224 Å². The highest BCUT2D eigenvalue weighted by molar-refractivity contribution is 5.83. The molecule has 51 heavy (non-hydrogen) atoms. The van der Waals surface area contributed by atoms with E-state index in [1.165, 1.54) is 97.7 Å². The van der Waals surface area contributed by atoms with Crippen LogP contribution < -0.4 is 0 Å². The summed E-state index contributed by atoms with van der Waals surface area (Å²) >= 11 is 0. The third-order valence-corrected chi connectivity index (χ3v) is 8.82. The molecule has 6 aromatic carbocycles. The van der Waals surface area contributed by atoms with E-state index >= 15 is 0 Å². The van der Waals surface area contributed by atoms with E-state index in [0.717, 1.165) is 5.92 Å². The Kier molecular flexibility index (Phi) is 19.4. The molecule has 0 aromatic heterocycles. The first-order valence-electron chi connectivity index (χ1n) is 19.1. The van der Waals surface area contributed by atoms with Crippen LogP contribution in [0.3, 0.4) is 0 Å². The zero-order chi connectivity index (χ0) is 37.8. The molecule has 0 saturated heterocycles. The predicted molar refractivity (Wildman–Crippen MR) is 230 cm³/mol. The zero-order valence-corrected chi connectivity index (χ0v) is 34.0. The molecule has 0 spiro atoms. The van der Waals surface area contributed by atoms with Gasteiger partial charge in [0.05, 0.1) is 0 Å². The molecule has 0 N–H and O–H groups in total. The van der Waals surface area contributed by atoms with Crippen molar-refractivity contribution in [1.29, 1.82) is 0 Å². The Morgan fingerprint density at radius 1 is 0.314 bits per heavy atom. The van der Waals surface area contributed by atoms with Gasteiger partial charge >= 0.3 is 0 Å². The molecule has 1 aliphatic rings. The van der Waals surface area contributed by atoms with Crippen LogP contribution in [0.2, 0.25) is 0 Å². The number of benzene rings is 6. The molecular weight excluding hydrogens is 613 g/mol. The molecule has 0 nitrogen and oxygen atoms in total. The fourth-order valence-electron chi connectivity index (χ4n) is 5.95. The summed E-state index contributed by atoms with van der Waals surface area (Å²) in [4.78, 5) is 0. The highest BCUT2D eigenvalue weighted by Gasteiger charge is 2.07. The van der Waals surface area contributed by atoms with Crippen LogP contribution in [0.15, 0.2) is 127 Å². The first kappa shape index (κ1) is 42.7. The summed E-state index contributed by atoms with van der Waals surface area (Å²) in [5.74, 6) is 1.05. The van der Waals surface area contributed by atoms with Gasteiger partial charge in [-0.25, -0.2) is 0 Å². The Morgan fingerprint density at radius 3 is 0.824 bits per heavy atom. The smallest absolute Gasteiger partial charge is 0.0181 e. The van der Waals surface area contributed by atoms with Crippen molar-refractivity contribution < 1.29 is 0 Å². The summed E-state index contributed by atoms with van der Waals surface area (Å²) in [6.45, 7) is 25.4. The lowest BCUT2D eigenvalue weighted by Gasteiger charge is -2.02. The Bertz CT molecular complexity index is 1660. The van der Waals surface area contributed by atoms with Gasteiger partial charge < -0.3 is 0 Å². The van der Waals surface area contributed by atoms with Crippen molar-refractivity contribution in [3.8, 4) is 11.1 Å². The molecule has 0 heteroatoms. The zero-order valence-electron chi connectivity index (χ0n) is 34.0. The summed E-state index contributed by atoms with van der Waals surface area (Å²) in [5.41, 5.74) is 14.6. The van der Waals surface area contributed by atoms with Crippen LogP contribution in [0.1, 0.15) is 96.5 Å². The molecule has 270 valence electrons. The Hall–Kier alpha value is -4.42. The van der Waals surface area contributed by atoms with E-state index in [9.17, 15) is 0 Å². The quantitative estimate of drug-likeness (QED) is 0.162. The maximum Gasteiger partial charge on any atom is -0.0181 e. The first-order valence-corrected chi connectivity index (χ1v) is 19.1. The Balaban J connectivity index is 0.000000224. The minimum Gasteiger partial charge on any atom is -0.0683 e. The highest BCUT2D eigenvalue weighted by atomic mass is 14.1. The van der Waals surface area contributed by atoms with Crippen molar-refractivity contribution in [2.24, 2.45) is 5.92 Å². The van der Waals surface area contributed by atoms with E-state index in [1.807, 2.05) is 13.8 Å². The monoisotopic (exact) mass is 679 g/mol. The number of fused-ring (bicyclic) bond motifs is 1. The van der Waals surface area contributed by atoms with Gasteiger partial charge in [-0.3, -0.25) is 0 Å². The normalized spacial score (nSPS) is 11.5. The van der Waals surface area contributed by atoms with E-state index in [4.69, 9.17) is 0 Å². The lowest BCUT2D eigenvalue weighted by molar-refractivity contribution is 0.612. The molecule has 1 aliphatic carbocycles. The van der Waals surface area contributed by atoms with Crippen LogP contribution in [0.4, 0.5) is 0 Å². The van der Waals surface area contributed by atoms with E-state index in [1.54, 1.807) is 0 Å². The van der Waals surface area contributed by atoms with Crippen LogP contribution in [0.25, 0.3) is 21.9 Å². The molecular formula is C51H66. The summed E-state index contributed by atoms with van der Waals surface area (Å²) in [6.07, 6.45) is 5.95. The fourth-order valence-corrected chi connectivity index (χ4v) is 5.95. The maximum absolute atomic E-state index is 2.34. The predicted octanol–water partition coefficient (Wildman–Crippen LogP) is 15.6. The standard InChI is InChI=1S/C14H14.C12H12.C9H12.C8H10.C6H12.C2H6/c1-11-3-7-13(8-4-11)14-9-5-12(2)6-10-14;1-9-3-5-12-8-10(2)4-6-11(12)7-9;1-7-4-8(2)6-9(3)5-7;1-7-3-5-8(2)6-4-7;1-6-4-2-3-5-6;1-2/h3-10H,1-2H3;3-8H,1-2H3;4-6H,1-3H3;3-6H,1-2H3;6H,2-5H2,1H3;1-2H3. The summed E-state index contributed by atoms with van der Waals surface area (Å²) < 4.78 is 0. The average Bonchev–Trinajstić information content (AvgIpc) is 3.59. The van der Waals surface area contributed by atoms with Crippen molar-refractivity contribution in [3.63, 3.8) is 0 Å². The SMILES string of the molecule is CC.CC1CCCC1.Cc1cc(C)cc(C)c1.Cc1ccc(-c2ccc(C)cc2)cc1.Cc1ccc(C)cc1.Cc1ccc2cc(C)ccc2c1. The van der Waals surface area contributed by atoms with Gasteiger partial charge in [-0.15, -0.1) is 0 Å². The van der Waals surface area contributed by atoms with Crippen LogP contribution in [0, 0.1) is 68.2 Å². The van der Waals surface area contributed by atoms with Crippen molar-refractivity contribution in [2.75, 3.05) is 0 Å². The number of aryl methyl sites for hydroxylation is 9. The van der Waals surface area contributed by atoms with Crippen LogP contribution in [-0.2, 0) is 0 Å². The van der Waals surface area contributed by atoms with Gasteiger partial charge in [-0.05, 0) is 90.1 Å². The molecule has 0 amide bonds. The average molecular weight is 679 g/mol. The maximum atomic E-state index is 2.34. The second-order valence-corrected chi connectivity index (χ2v) is 14.3. The molecule has 0 atom stereocenters. The molecule has 1 saturated carbocycles. The van der Waals surface area contributed by atoms with Gasteiger partial charge in [0.15, 0.2) is 0 Å². The van der Waals surface area contributed by atoms with Gasteiger partial charge in [0.25, 0.3) is 0 Å². The molecule has 0 heterocycles. The first-order chi connectivity index (χ1) is 24.4. The number of rotatable bonds is 1. The molecule has 0 radical (unpaired) electrons.